The van der Waals surface area contributed by atoms with Crippen LogP contribution in [0, 0.1) is 0 Å². The topological polar surface area (TPSA) is 74.9 Å². The number of halogens is 3. The Morgan fingerprint density at radius 2 is 1.84 bits per heavy atom. The minimum absolute atomic E-state index is 0.113. The van der Waals surface area contributed by atoms with Crippen LogP contribution in [0.2, 0.25) is 0 Å². The van der Waals surface area contributed by atoms with Gasteiger partial charge in [-0.15, -0.1) is 0 Å². The molecule has 0 aromatic heterocycles. The zero-order valence-corrected chi connectivity index (χ0v) is 17.1. The van der Waals surface area contributed by atoms with E-state index in [1.165, 1.54) is 19.1 Å². The van der Waals surface area contributed by atoms with Gasteiger partial charge in [0.25, 0.3) is 0 Å². The number of alkyl halides is 3. The summed E-state index contributed by atoms with van der Waals surface area (Å²) in [5, 5.41) is 8.30. The highest BCUT2D eigenvalue weighted by molar-refractivity contribution is 7.80. The number of nitrogens with zero attached hydrogens (tertiary/aromatic N) is 1. The normalized spacial score (nSPS) is 12.0. The molecule has 0 saturated heterocycles. The van der Waals surface area contributed by atoms with Gasteiger partial charge < -0.3 is 30.3 Å². The van der Waals surface area contributed by atoms with Crippen molar-refractivity contribution < 1.29 is 14.3 Å². The van der Waals surface area contributed by atoms with E-state index in [4.69, 9.17) is 56.5 Å². The highest BCUT2D eigenvalue weighted by atomic mass is 35.6. The fourth-order valence-electron chi connectivity index (χ4n) is 1.65. The maximum absolute atomic E-state index is 11.8. The number of methoxy groups -OCH3 is 2. The van der Waals surface area contributed by atoms with Gasteiger partial charge in [-0.2, -0.15) is 0 Å². The van der Waals surface area contributed by atoms with Gasteiger partial charge in [-0.1, -0.05) is 34.8 Å². The van der Waals surface area contributed by atoms with Gasteiger partial charge in [-0.3, -0.25) is 0 Å². The van der Waals surface area contributed by atoms with Gasteiger partial charge in [-0.05, 0) is 24.4 Å². The minimum atomic E-state index is -1.84. The molecule has 25 heavy (non-hydrogen) atoms. The maximum atomic E-state index is 11.8. The van der Waals surface area contributed by atoms with Gasteiger partial charge in [0.05, 0.1) is 19.9 Å². The molecule has 0 saturated carbocycles. The van der Waals surface area contributed by atoms with Crippen LogP contribution in [-0.4, -0.2) is 54.3 Å². The number of anilines is 1. The van der Waals surface area contributed by atoms with E-state index < -0.39 is 16.0 Å². The third kappa shape index (κ3) is 6.81. The SMILES string of the molecule is COc1ccc(OC)c(NC(=S)NC(NC(=O)N(C)C)C(Cl)(Cl)Cl)c1. The molecule has 0 aliphatic heterocycles. The fourth-order valence-corrected chi connectivity index (χ4v) is 2.21. The molecule has 1 unspecified atom stereocenters. The number of amides is 2. The molecule has 0 radical (unpaired) electrons. The Morgan fingerprint density at radius 3 is 2.32 bits per heavy atom. The van der Waals surface area contributed by atoms with Crippen molar-refractivity contribution in [2.75, 3.05) is 33.6 Å². The molecule has 3 N–H and O–H groups in total. The first-order valence-electron chi connectivity index (χ1n) is 6.92. The molecule has 0 bridgehead atoms. The lowest BCUT2D eigenvalue weighted by atomic mass is 10.2. The number of carbonyl (C=O) groups is 1. The molecule has 0 fully saturated rings. The third-order valence-corrected chi connectivity index (χ3v) is 3.81. The van der Waals surface area contributed by atoms with Gasteiger partial charge in [0.2, 0.25) is 3.79 Å². The smallest absolute Gasteiger partial charge is 0.318 e. The average Bonchev–Trinajstić information content (AvgIpc) is 2.52. The van der Waals surface area contributed by atoms with Crippen LogP contribution < -0.4 is 25.4 Å². The molecular formula is C14H19Cl3N4O3S. The van der Waals surface area contributed by atoms with Crippen molar-refractivity contribution in [3.05, 3.63) is 18.2 Å². The highest BCUT2D eigenvalue weighted by Gasteiger charge is 2.35. The Balaban J connectivity index is 2.89. The molecule has 1 aromatic carbocycles. The van der Waals surface area contributed by atoms with E-state index in [-0.39, 0.29) is 5.11 Å². The third-order valence-electron chi connectivity index (χ3n) is 2.93. The Morgan fingerprint density at radius 1 is 1.20 bits per heavy atom. The lowest BCUT2D eigenvalue weighted by Gasteiger charge is -2.29. The van der Waals surface area contributed by atoms with Crippen LogP contribution in [0.25, 0.3) is 0 Å². The highest BCUT2D eigenvalue weighted by Crippen LogP contribution is 2.30. The van der Waals surface area contributed by atoms with Gasteiger partial charge in [0, 0.05) is 20.2 Å². The van der Waals surface area contributed by atoms with Crippen molar-refractivity contribution in [3.8, 4) is 11.5 Å². The first-order chi connectivity index (χ1) is 11.6. The summed E-state index contributed by atoms with van der Waals surface area (Å²) in [6, 6.07) is 4.69. The molecule has 1 atom stereocenters. The molecule has 11 heteroatoms. The number of thiocarbonyl (C=S) groups is 1. The summed E-state index contributed by atoms with van der Waals surface area (Å²) in [4.78, 5) is 13.1. The van der Waals surface area contributed by atoms with E-state index in [0.29, 0.717) is 17.2 Å². The van der Waals surface area contributed by atoms with Gasteiger partial charge in [0.1, 0.15) is 11.5 Å². The minimum Gasteiger partial charge on any atom is -0.497 e. The zero-order chi connectivity index (χ0) is 19.2. The Hall–Kier alpha value is -1.35. The zero-order valence-electron chi connectivity index (χ0n) is 14.0. The standard InChI is InChI=1S/C14H19Cl3N4O3S/c1-21(2)13(22)20-11(14(15,16)17)19-12(25)18-9-7-8(23-3)5-6-10(9)24-4/h5-7,11H,1-4H3,(H,20,22)(H2,18,19,25). The van der Waals surface area contributed by atoms with E-state index in [9.17, 15) is 4.79 Å². The van der Waals surface area contributed by atoms with Gasteiger partial charge >= 0.3 is 6.03 Å². The quantitative estimate of drug-likeness (QED) is 0.380. The van der Waals surface area contributed by atoms with E-state index in [1.807, 2.05) is 0 Å². The second-order valence-electron chi connectivity index (χ2n) is 4.98. The number of hydrogen-bond donors (Lipinski definition) is 3. The van der Waals surface area contributed by atoms with Crippen molar-refractivity contribution in [3.63, 3.8) is 0 Å². The molecule has 1 rings (SSSR count). The molecule has 0 spiro atoms. The number of ether oxygens (including phenoxy) is 2. The molecule has 2 amide bonds. The molecule has 0 aliphatic rings. The van der Waals surface area contributed by atoms with Gasteiger partial charge in [0.15, 0.2) is 11.3 Å². The van der Waals surface area contributed by atoms with E-state index >= 15 is 0 Å². The predicted octanol–water partition coefficient (Wildman–Crippen LogP) is 2.96. The number of urea groups is 1. The number of hydrogen-bond acceptors (Lipinski definition) is 4. The molecule has 0 heterocycles. The largest absolute Gasteiger partial charge is 0.497 e. The summed E-state index contributed by atoms with van der Waals surface area (Å²) < 4.78 is 8.58. The summed E-state index contributed by atoms with van der Waals surface area (Å²) in [6.45, 7) is 0. The van der Waals surface area contributed by atoms with Gasteiger partial charge in [-0.25, -0.2) is 4.79 Å². The summed E-state index contributed by atoms with van der Waals surface area (Å²) in [5.41, 5.74) is 0.543. The maximum Gasteiger partial charge on any atom is 0.318 e. The molecule has 0 aliphatic carbocycles. The first-order valence-corrected chi connectivity index (χ1v) is 8.46. The van der Waals surface area contributed by atoms with Crippen molar-refractivity contribution in [2.45, 2.75) is 9.96 Å². The number of rotatable bonds is 5. The first kappa shape index (κ1) is 21.7. The lowest BCUT2D eigenvalue weighted by molar-refractivity contribution is 0.212. The number of carbonyl (C=O) groups excluding carboxylic acids is 1. The predicted molar refractivity (Wildman–Crippen MR) is 105 cm³/mol. The van der Waals surface area contributed by atoms with E-state index in [0.717, 1.165) is 0 Å². The van der Waals surface area contributed by atoms with Crippen LogP contribution >= 0.6 is 47.0 Å². The second-order valence-corrected chi connectivity index (χ2v) is 7.76. The van der Waals surface area contributed by atoms with Crippen molar-refractivity contribution in [1.29, 1.82) is 0 Å². The van der Waals surface area contributed by atoms with E-state index in [1.54, 1.807) is 32.3 Å². The lowest BCUT2D eigenvalue weighted by Crippen LogP contribution is -2.57. The number of benzene rings is 1. The Bertz CT molecular complexity index is 626. The summed E-state index contributed by atoms with van der Waals surface area (Å²) in [7, 11) is 6.17. The van der Waals surface area contributed by atoms with Crippen LogP contribution in [0.3, 0.4) is 0 Å². The Kier molecular flexibility index (Phi) is 8.14. The monoisotopic (exact) mass is 428 g/mol. The molecule has 1 aromatic rings. The average molecular weight is 430 g/mol. The van der Waals surface area contributed by atoms with E-state index in [2.05, 4.69) is 16.0 Å². The Labute approximate surface area is 166 Å². The summed E-state index contributed by atoms with van der Waals surface area (Å²) in [5.74, 6) is 1.14. The van der Waals surface area contributed by atoms with Crippen molar-refractivity contribution in [1.82, 2.24) is 15.5 Å². The fraction of sp³-hybridized carbons (Fsp3) is 0.429. The number of nitrogens with one attached hydrogen (secondary N) is 3. The second kappa shape index (κ2) is 9.38. The summed E-state index contributed by atoms with van der Waals surface area (Å²) in [6.07, 6.45) is -1.07. The molecular weight excluding hydrogens is 411 g/mol. The van der Waals surface area contributed by atoms with Crippen LogP contribution in [-0.2, 0) is 0 Å². The molecule has 7 nitrogen and oxygen atoms in total. The van der Waals surface area contributed by atoms with Crippen molar-refractivity contribution in [2.24, 2.45) is 0 Å². The van der Waals surface area contributed by atoms with Crippen LogP contribution in [0.15, 0.2) is 18.2 Å². The molecule has 140 valence electrons. The van der Waals surface area contributed by atoms with Crippen LogP contribution in [0.5, 0.6) is 11.5 Å². The summed E-state index contributed by atoms with van der Waals surface area (Å²) >= 11 is 22.9. The van der Waals surface area contributed by atoms with Crippen molar-refractivity contribution >= 4 is 63.9 Å². The van der Waals surface area contributed by atoms with Crippen LogP contribution in [0.4, 0.5) is 10.5 Å². The van der Waals surface area contributed by atoms with Crippen LogP contribution in [0.1, 0.15) is 0 Å².